The third-order valence-electron chi connectivity index (χ3n) is 7.02. The number of carbonyl (C=O) groups is 1. The summed E-state index contributed by atoms with van der Waals surface area (Å²) in [7, 11) is 0. The molecule has 0 fully saturated rings. The maximum atomic E-state index is 12.4. The number of carbonyl (C=O) groups excluding carboxylic acids is 1. The van der Waals surface area contributed by atoms with Crippen molar-refractivity contribution in [3.8, 4) is 0 Å². The number of unbranched alkanes of at least 4 members (excludes halogenated alkanes) is 6. The first kappa shape index (κ1) is 26.3. The van der Waals surface area contributed by atoms with Crippen LogP contribution in [0, 0.1) is 5.41 Å². The molecule has 0 saturated heterocycles. The highest BCUT2D eigenvalue weighted by Crippen LogP contribution is 2.34. The van der Waals surface area contributed by atoms with Crippen molar-refractivity contribution in [3.63, 3.8) is 0 Å². The van der Waals surface area contributed by atoms with Crippen molar-refractivity contribution < 1.29 is 14.3 Å². The molecule has 0 aliphatic heterocycles. The van der Waals surface area contributed by atoms with E-state index in [1.54, 1.807) is 0 Å². The summed E-state index contributed by atoms with van der Waals surface area (Å²) in [6.07, 6.45) is 10.5. The van der Waals surface area contributed by atoms with Crippen LogP contribution >= 0.6 is 0 Å². The molecule has 2 aromatic carbocycles. The first-order valence-corrected chi connectivity index (χ1v) is 13.3. The second-order valence-electron chi connectivity index (χ2n) is 10.0. The SMILES string of the molecule is CCCCCCCCCC(OCCOC(=O)C(C)(C)CC)n1c2ccccc2c2ccccc21. The van der Waals surface area contributed by atoms with E-state index in [2.05, 4.69) is 60.0 Å². The highest BCUT2D eigenvalue weighted by Gasteiger charge is 2.27. The molecule has 1 aromatic heterocycles. The highest BCUT2D eigenvalue weighted by molar-refractivity contribution is 6.08. The van der Waals surface area contributed by atoms with Gasteiger partial charge in [-0.1, -0.05) is 88.8 Å². The normalized spacial score (nSPS) is 12.9. The van der Waals surface area contributed by atoms with Gasteiger partial charge in [-0.3, -0.25) is 4.79 Å². The molecule has 0 aliphatic carbocycles. The Balaban J connectivity index is 1.72. The van der Waals surface area contributed by atoms with Crippen LogP contribution in [0.3, 0.4) is 0 Å². The van der Waals surface area contributed by atoms with E-state index in [-0.39, 0.29) is 18.8 Å². The predicted octanol–water partition coefficient (Wildman–Crippen LogP) is 8.43. The Morgan fingerprint density at radius 1 is 0.824 bits per heavy atom. The summed E-state index contributed by atoms with van der Waals surface area (Å²) in [5.74, 6) is -0.154. The summed E-state index contributed by atoms with van der Waals surface area (Å²) in [5.41, 5.74) is 1.94. The van der Waals surface area contributed by atoms with Gasteiger partial charge >= 0.3 is 5.97 Å². The lowest BCUT2D eigenvalue weighted by molar-refractivity contribution is -0.157. The molecule has 4 heteroatoms. The zero-order valence-electron chi connectivity index (χ0n) is 21.6. The molecule has 1 heterocycles. The van der Waals surface area contributed by atoms with Gasteiger partial charge in [-0.2, -0.15) is 0 Å². The quantitative estimate of drug-likeness (QED) is 0.167. The highest BCUT2D eigenvalue weighted by atomic mass is 16.6. The van der Waals surface area contributed by atoms with Crippen LogP contribution in [0.5, 0.6) is 0 Å². The van der Waals surface area contributed by atoms with Gasteiger partial charge in [0.25, 0.3) is 0 Å². The fraction of sp³-hybridized carbons (Fsp3) is 0.567. The molecule has 0 radical (unpaired) electrons. The van der Waals surface area contributed by atoms with Crippen molar-refractivity contribution in [3.05, 3.63) is 48.5 Å². The van der Waals surface area contributed by atoms with Gasteiger partial charge in [0.05, 0.1) is 23.1 Å². The lowest BCUT2D eigenvalue weighted by Gasteiger charge is -2.23. The third kappa shape index (κ3) is 6.63. The number of aromatic nitrogens is 1. The summed E-state index contributed by atoms with van der Waals surface area (Å²) in [6, 6.07) is 17.1. The Bertz CT molecular complexity index is 983. The van der Waals surface area contributed by atoms with E-state index in [0.717, 1.165) is 19.3 Å². The second kappa shape index (κ2) is 12.9. The average Bonchev–Trinajstić information content (AvgIpc) is 3.19. The zero-order valence-corrected chi connectivity index (χ0v) is 21.6. The Morgan fingerprint density at radius 2 is 1.38 bits per heavy atom. The number of hydrogen-bond acceptors (Lipinski definition) is 3. The van der Waals surface area contributed by atoms with Gasteiger partial charge in [0.2, 0.25) is 0 Å². The summed E-state index contributed by atoms with van der Waals surface area (Å²) >= 11 is 0. The lowest BCUT2D eigenvalue weighted by atomic mass is 9.91. The van der Waals surface area contributed by atoms with E-state index in [4.69, 9.17) is 9.47 Å². The molecular weight excluding hydrogens is 422 g/mol. The summed E-state index contributed by atoms with van der Waals surface area (Å²) in [6.45, 7) is 8.81. The smallest absolute Gasteiger partial charge is 0.311 e. The minimum Gasteiger partial charge on any atom is -0.463 e. The van der Waals surface area contributed by atoms with E-state index in [1.807, 2.05) is 20.8 Å². The third-order valence-corrected chi connectivity index (χ3v) is 7.02. The number of ether oxygens (including phenoxy) is 2. The molecule has 186 valence electrons. The van der Waals surface area contributed by atoms with Gasteiger partial charge in [-0.25, -0.2) is 0 Å². The Hall–Kier alpha value is -2.33. The summed E-state index contributed by atoms with van der Waals surface area (Å²) in [4.78, 5) is 12.4. The van der Waals surface area contributed by atoms with E-state index in [9.17, 15) is 4.79 Å². The standard InChI is InChI=1S/C30H43NO3/c1-5-7-8-9-10-11-12-21-28(33-22-23-34-29(32)30(3,4)6-2)31-26-19-15-13-17-24(26)25-18-14-16-20-27(25)31/h13-20,28H,5-12,21-23H2,1-4H3. The minimum absolute atomic E-state index is 0.0849. The van der Waals surface area contributed by atoms with Gasteiger partial charge in [0.15, 0.2) is 0 Å². The van der Waals surface area contributed by atoms with E-state index in [0.29, 0.717) is 6.61 Å². The van der Waals surface area contributed by atoms with E-state index in [1.165, 1.54) is 60.3 Å². The molecule has 0 spiro atoms. The van der Waals surface area contributed by atoms with Crippen LogP contribution in [0.25, 0.3) is 21.8 Å². The fourth-order valence-corrected chi connectivity index (χ4v) is 4.48. The van der Waals surface area contributed by atoms with Gasteiger partial charge in [-0.05, 0) is 45.2 Å². The van der Waals surface area contributed by atoms with E-state index >= 15 is 0 Å². The van der Waals surface area contributed by atoms with Crippen LogP contribution in [-0.2, 0) is 14.3 Å². The van der Waals surface area contributed by atoms with Gasteiger partial charge in [-0.15, -0.1) is 0 Å². The van der Waals surface area contributed by atoms with Crippen LogP contribution in [0.15, 0.2) is 48.5 Å². The number of rotatable bonds is 15. The average molecular weight is 466 g/mol. The molecule has 1 unspecified atom stereocenters. The van der Waals surface area contributed by atoms with E-state index < -0.39 is 5.41 Å². The molecule has 4 nitrogen and oxygen atoms in total. The van der Waals surface area contributed by atoms with Crippen molar-refractivity contribution in [1.29, 1.82) is 0 Å². The Morgan fingerprint density at radius 3 is 1.97 bits per heavy atom. The maximum absolute atomic E-state index is 12.4. The molecule has 0 bridgehead atoms. The number of hydrogen-bond donors (Lipinski definition) is 0. The first-order chi connectivity index (χ1) is 16.5. The molecule has 0 saturated carbocycles. The van der Waals surface area contributed by atoms with Crippen molar-refractivity contribution in [2.45, 2.75) is 91.7 Å². The zero-order chi connectivity index (χ0) is 24.4. The van der Waals surface area contributed by atoms with Gasteiger partial charge in [0.1, 0.15) is 12.8 Å². The predicted molar refractivity (Wildman–Crippen MR) is 142 cm³/mol. The molecule has 0 N–H and O–H groups in total. The van der Waals surface area contributed by atoms with Crippen molar-refractivity contribution in [2.75, 3.05) is 13.2 Å². The second-order valence-corrected chi connectivity index (χ2v) is 10.0. The number of nitrogens with zero attached hydrogens (tertiary/aromatic N) is 1. The number of fused-ring (bicyclic) bond motifs is 3. The molecule has 3 rings (SSSR count). The van der Waals surface area contributed by atoms with Gasteiger partial charge in [0, 0.05) is 10.8 Å². The lowest BCUT2D eigenvalue weighted by Crippen LogP contribution is -2.27. The first-order valence-electron chi connectivity index (χ1n) is 13.3. The van der Waals surface area contributed by atoms with Crippen LogP contribution in [0.1, 0.15) is 91.7 Å². The molecule has 1 atom stereocenters. The number of benzene rings is 2. The fourth-order valence-electron chi connectivity index (χ4n) is 4.48. The number of para-hydroxylation sites is 2. The molecule has 34 heavy (non-hydrogen) atoms. The van der Waals surface area contributed by atoms with Crippen molar-refractivity contribution in [1.82, 2.24) is 4.57 Å². The maximum Gasteiger partial charge on any atom is 0.311 e. The van der Waals surface area contributed by atoms with Crippen LogP contribution in [0.4, 0.5) is 0 Å². The monoisotopic (exact) mass is 465 g/mol. The summed E-state index contributed by atoms with van der Waals surface area (Å²) < 4.78 is 14.3. The van der Waals surface area contributed by atoms with Crippen LogP contribution in [-0.4, -0.2) is 23.8 Å². The summed E-state index contributed by atoms with van der Waals surface area (Å²) in [5, 5.41) is 2.50. The Labute approximate surface area is 205 Å². The van der Waals surface area contributed by atoms with Crippen molar-refractivity contribution in [2.24, 2.45) is 5.41 Å². The van der Waals surface area contributed by atoms with Crippen molar-refractivity contribution >= 4 is 27.8 Å². The number of esters is 1. The molecule has 3 aromatic rings. The molecule has 0 aliphatic rings. The topological polar surface area (TPSA) is 40.5 Å². The van der Waals surface area contributed by atoms with Crippen LogP contribution < -0.4 is 0 Å². The largest absolute Gasteiger partial charge is 0.463 e. The molecule has 0 amide bonds. The van der Waals surface area contributed by atoms with Crippen LogP contribution in [0.2, 0.25) is 0 Å². The minimum atomic E-state index is -0.454. The Kier molecular flexibility index (Phi) is 10.0. The molecular formula is C30H43NO3. The van der Waals surface area contributed by atoms with Gasteiger partial charge < -0.3 is 14.0 Å².